The highest BCUT2D eigenvalue weighted by Gasteiger charge is 2.09. The molecule has 0 saturated carbocycles. The second-order valence-corrected chi connectivity index (χ2v) is 3.46. The number of aromatic amines is 2. The van der Waals surface area contributed by atoms with Crippen molar-refractivity contribution in [3.05, 3.63) is 17.4 Å². The molecule has 0 aliphatic heterocycles. The number of aromatic nitrogens is 8. The van der Waals surface area contributed by atoms with Crippen LogP contribution < -0.4 is 5.32 Å². The summed E-state index contributed by atoms with van der Waals surface area (Å²) in [6.07, 6.45) is 1.52. The largest absolute Gasteiger partial charge is 0.361 e. The van der Waals surface area contributed by atoms with E-state index in [9.17, 15) is 0 Å². The first-order chi connectivity index (χ1) is 8.33. The van der Waals surface area contributed by atoms with Gasteiger partial charge in [-0.25, -0.2) is 4.98 Å². The third kappa shape index (κ3) is 1.87. The molecule has 0 saturated heterocycles. The van der Waals surface area contributed by atoms with Gasteiger partial charge < -0.3 is 10.3 Å². The quantitative estimate of drug-likeness (QED) is 0.566. The molecule has 0 aliphatic carbocycles. The fourth-order valence-corrected chi connectivity index (χ4v) is 1.52. The van der Waals surface area contributed by atoms with Crippen molar-refractivity contribution in [1.29, 1.82) is 0 Å². The SMILES string of the molecule is Clc1nc(NCc2nn[nH]n2)c2[nH]cnc2n1. The zero-order valence-electron chi connectivity index (χ0n) is 8.35. The second kappa shape index (κ2) is 3.94. The number of anilines is 1. The molecule has 0 bridgehead atoms. The van der Waals surface area contributed by atoms with Gasteiger partial charge in [-0.1, -0.05) is 5.21 Å². The molecular formula is C7H6ClN9. The Morgan fingerprint density at radius 2 is 2.29 bits per heavy atom. The van der Waals surface area contributed by atoms with Gasteiger partial charge >= 0.3 is 0 Å². The van der Waals surface area contributed by atoms with Crippen molar-refractivity contribution in [1.82, 2.24) is 40.6 Å². The van der Waals surface area contributed by atoms with Gasteiger partial charge in [-0.05, 0) is 11.6 Å². The van der Waals surface area contributed by atoms with Crippen molar-refractivity contribution < 1.29 is 0 Å². The molecule has 0 aliphatic rings. The van der Waals surface area contributed by atoms with Gasteiger partial charge in [-0.15, -0.1) is 10.2 Å². The Morgan fingerprint density at radius 3 is 3.12 bits per heavy atom. The van der Waals surface area contributed by atoms with Crippen molar-refractivity contribution in [3.63, 3.8) is 0 Å². The minimum Gasteiger partial charge on any atom is -0.361 e. The molecule has 0 fully saturated rings. The lowest BCUT2D eigenvalue weighted by molar-refractivity contribution is 0.881. The van der Waals surface area contributed by atoms with Crippen LogP contribution in [0.25, 0.3) is 11.2 Å². The standard InChI is InChI=1S/C7H6ClN9/c8-7-12-5(4-6(13-7)11-2-10-4)9-1-3-14-16-17-15-3/h2H,1H2,(H,14,15,16,17)(H2,9,10,11,12,13). The summed E-state index contributed by atoms with van der Waals surface area (Å²) < 4.78 is 0. The molecule has 3 N–H and O–H groups in total. The highest BCUT2D eigenvalue weighted by Crippen LogP contribution is 2.18. The summed E-state index contributed by atoms with van der Waals surface area (Å²) in [4.78, 5) is 15.0. The van der Waals surface area contributed by atoms with Gasteiger partial charge in [0.25, 0.3) is 0 Å². The number of hydrogen-bond acceptors (Lipinski definition) is 7. The summed E-state index contributed by atoms with van der Waals surface area (Å²) in [6, 6.07) is 0. The van der Waals surface area contributed by atoms with E-state index in [0.29, 0.717) is 29.4 Å². The second-order valence-electron chi connectivity index (χ2n) is 3.12. The van der Waals surface area contributed by atoms with Crippen molar-refractivity contribution in [3.8, 4) is 0 Å². The summed E-state index contributed by atoms with van der Waals surface area (Å²) in [5, 5.41) is 16.6. The van der Waals surface area contributed by atoms with E-state index in [1.807, 2.05) is 0 Å². The van der Waals surface area contributed by atoms with Gasteiger partial charge in [0.1, 0.15) is 5.52 Å². The maximum absolute atomic E-state index is 5.78. The molecule has 3 heterocycles. The first kappa shape index (κ1) is 9.90. The number of rotatable bonds is 3. The van der Waals surface area contributed by atoms with Gasteiger partial charge in [0.05, 0.1) is 12.9 Å². The summed E-state index contributed by atoms with van der Waals surface area (Å²) in [5.74, 6) is 1.06. The van der Waals surface area contributed by atoms with Crippen LogP contribution in [0.2, 0.25) is 5.28 Å². The molecule has 0 amide bonds. The summed E-state index contributed by atoms with van der Waals surface area (Å²) in [7, 11) is 0. The van der Waals surface area contributed by atoms with Crippen LogP contribution in [0.15, 0.2) is 6.33 Å². The van der Waals surface area contributed by atoms with E-state index in [2.05, 4.69) is 45.9 Å². The summed E-state index contributed by atoms with van der Waals surface area (Å²) >= 11 is 5.78. The average Bonchev–Trinajstić information content (AvgIpc) is 2.95. The van der Waals surface area contributed by atoms with Crippen molar-refractivity contribution in [2.45, 2.75) is 6.54 Å². The van der Waals surface area contributed by atoms with E-state index in [0.717, 1.165) is 0 Å². The first-order valence-corrected chi connectivity index (χ1v) is 5.03. The van der Waals surface area contributed by atoms with Crippen LogP contribution in [-0.2, 0) is 6.54 Å². The Morgan fingerprint density at radius 1 is 1.35 bits per heavy atom. The van der Waals surface area contributed by atoms with E-state index in [1.165, 1.54) is 6.33 Å². The molecule has 17 heavy (non-hydrogen) atoms. The molecule has 3 aromatic rings. The predicted octanol–water partition coefficient (Wildman–Crippen LogP) is 0.131. The van der Waals surface area contributed by atoms with Crippen LogP contribution in [0.1, 0.15) is 5.82 Å². The zero-order valence-corrected chi connectivity index (χ0v) is 9.10. The van der Waals surface area contributed by atoms with Crippen LogP contribution in [-0.4, -0.2) is 40.6 Å². The number of hydrogen-bond donors (Lipinski definition) is 3. The topological polar surface area (TPSA) is 121 Å². The lowest BCUT2D eigenvalue weighted by Crippen LogP contribution is -2.04. The number of H-pyrrole nitrogens is 2. The lowest BCUT2D eigenvalue weighted by Gasteiger charge is -2.03. The van der Waals surface area contributed by atoms with E-state index in [-0.39, 0.29) is 5.28 Å². The molecule has 0 atom stereocenters. The van der Waals surface area contributed by atoms with Crippen LogP contribution in [0.5, 0.6) is 0 Å². The van der Waals surface area contributed by atoms with Crippen LogP contribution in [0, 0.1) is 0 Å². The normalized spacial score (nSPS) is 10.9. The van der Waals surface area contributed by atoms with Gasteiger partial charge in [0, 0.05) is 0 Å². The number of nitrogens with zero attached hydrogens (tertiary/aromatic N) is 6. The Hall–Kier alpha value is -2.29. The molecule has 0 aromatic carbocycles. The minimum atomic E-state index is 0.125. The minimum absolute atomic E-state index is 0.125. The highest BCUT2D eigenvalue weighted by molar-refractivity contribution is 6.28. The fraction of sp³-hybridized carbons (Fsp3) is 0.143. The van der Waals surface area contributed by atoms with E-state index < -0.39 is 0 Å². The number of fused-ring (bicyclic) bond motifs is 1. The molecule has 0 unspecified atom stereocenters. The number of imidazole rings is 1. The van der Waals surface area contributed by atoms with Gasteiger partial charge in [-0.2, -0.15) is 15.2 Å². The monoisotopic (exact) mass is 251 g/mol. The molecule has 3 aromatic heterocycles. The Labute approximate surface area is 99.0 Å². The third-order valence-corrected chi connectivity index (χ3v) is 2.23. The number of nitrogens with one attached hydrogen (secondary N) is 3. The molecule has 9 nitrogen and oxygen atoms in total. The van der Waals surface area contributed by atoms with Gasteiger partial charge in [-0.3, -0.25) is 0 Å². The maximum Gasteiger partial charge on any atom is 0.226 e. The number of halogens is 1. The van der Waals surface area contributed by atoms with E-state index in [1.54, 1.807) is 0 Å². The molecule has 86 valence electrons. The number of tetrazole rings is 1. The first-order valence-electron chi connectivity index (χ1n) is 4.66. The molecular weight excluding hydrogens is 246 g/mol. The summed E-state index contributed by atoms with van der Waals surface area (Å²) in [6.45, 7) is 0.373. The Balaban J connectivity index is 1.91. The van der Waals surface area contributed by atoms with Crippen molar-refractivity contribution in [2.24, 2.45) is 0 Å². The third-order valence-electron chi connectivity index (χ3n) is 2.06. The van der Waals surface area contributed by atoms with Crippen LogP contribution in [0.4, 0.5) is 5.82 Å². The fourth-order valence-electron chi connectivity index (χ4n) is 1.35. The van der Waals surface area contributed by atoms with Crippen molar-refractivity contribution >= 4 is 28.6 Å². The zero-order chi connectivity index (χ0) is 11.7. The van der Waals surface area contributed by atoms with Gasteiger partial charge in [0.15, 0.2) is 17.3 Å². The van der Waals surface area contributed by atoms with E-state index in [4.69, 9.17) is 11.6 Å². The summed E-state index contributed by atoms with van der Waals surface area (Å²) in [5.41, 5.74) is 1.18. The maximum atomic E-state index is 5.78. The van der Waals surface area contributed by atoms with Crippen LogP contribution >= 0.6 is 11.6 Å². The molecule has 3 rings (SSSR count). The average molecular weight is 252 g/mol. The lowest BCUT2D eigenvalue weighted by atomic mass is 10.4. The highest BCUT2D eigenvalue weighted by atomic mass is 35.5. The Bertz CT molecular complexity index is 630. The Kier molecular flexibility index (Phi) is 2.29. The van der Waals surface area contributed by atoms with Crippen molar-refractivity contribution in [2.75, 3.05) is 5.32 Å². The van der Waals surface area contributed by atoms with Crippen LogP contribution in [0.3, 0.4) is 0 Å². The molecule has 0 spiro atoms. The predicted molar refractivity (Wildman–Crippen MR) is 58.2 cm³/mol. The van der Waals surface area contributed by atoms with Gasteiger partial charge in [0.2, 0.25) is 5.28 Å². The smallest absolute Gasteiger partial charge is 0.226 e. The molecule has 0 radical (unpaired) electrons. The molecule has 10 heteroatoms. The van der Waals surface area contributed by atoms with E-state index >= 15 is 0 Å².